The molecule has 4 heteroatoms. The first-order chi connectivity index (χ1) is 9.69. The van der Waals surface area contributed by atoms with Gasteiger partial charge in [-0.05, 0) is 24.5 Å². The molecule has 110 valence electrons. The number of unbranched alkanes of at least 4 members (excludes halogenated alkanes) is 1. The first-order valence-corrected chi connectivity index (χ1v) is 7.35. The maximum Gasteiger partial charge on any atom is 0.226 e. The number of carbonyl (C=O) groups is 1. The van der Waals surface area contributed by atoms with Gasteiger partial charge in [0.1, 0.15) is 12.4 Å². The van der Waals surface area contributed by atoms with E-state index < -0.39 is 0 Å². The van der Waals surface area contributed by atoms with Crippen LogP contribution in [-0.2, 0) is 16.0 Å². The second-order valence-electron chi connectivity index (χ2n) is 5.00. The number of carbonyl (C=O) groups excluding carboxylic acids is 1. The van der Waals surface area contributed by atoms with Crippen LogP contribution in [0.15, 0.2) is 18.2 Å². The lowest BCUT2D eigenvalue weighted by atomic mass is 10.1. The van der Waals surface area contributed by atoms with Crippen molar-refractivity contribution >= 4 is 11.6 Å². The molecular formula is C16H23NO3. The Labute approximate surface area is 120 Å². The van der Waals surface area contributed by atoms with Gasteiger partial charge < -0.3 is 9.47 Å². The normalized spacial score (nSPS) is 17.6. The van der Waals surface area contributed by atoms with Crippen LogP contribution in [0, 0.1) is 0 Å². The van der Waals surface area contributed by atoms with Gasteiger partial charge in [-0.2, -0.15) is 0 Å². The number of ether oxygens (including phenoxy) is 2. The summed E-state index contributed by atoms with van der Waals surface area (Å²) < 4.78 is 11.6. The molecule has 2 rings (SSSR count). The summed E-state index contributed by atoms with van der Waals surface area (Å²) in [6.45, 7) is 6.82. The quantitative estimate of drug-likeness (QED) is 0.776. The van der Waals surface area contributed by atoms with Crippen LogP contribution in [0.4, 0.5) is 5.69 Å². The van der Waals surface area contributed by atoms with Crippen molar-refractivity contribution in [3.8, 4) is 5.75 Å². The lowest BCUT2D eigenvalue weighted by molar-refractivity contribution is -0.120. The Kier molecular flexibility index (Phi) is 5.01. The standard InChI is InChI=1S/C16H23NO3/c1-4-6-10-19-15-11-20-14-9-7-8-13(5-2)16(14)17(15)12(3)18/h7-9,15H,4-6,10-11H2,1-3H3. The number of hydrogen-bond donors (Lipinski definition) is 0. The maximum absolute atomic E-state index is 12.1. The van der Waals surface area contributed by atoms with E-state index in [0.717, 1.165) is 36.3 Å². The lowest BCUT2D eigenvalue weighted by Crippen LogP contribution is -2.48. The summed E-state index contributed by atoms with van der Waals surface area (Å²) in [5.41, 5.74) is 1.98. The third-order valence-corrected chi connectivity index (χ3v) is 3.52. The molecule has 4 nitrogen and oxygen atoms in total. The van der Waals surface area contributed by atoms with Gasteiger partial charge in [0.2, 0.25) is 5.91 Å². The van der Waals surface area contributed by atoms with Gasteiger partial charge in [0, 0.05) is 13.5 Å². The number of benzene rings is 1. The Morgan fingerprint density at radius 2 is 2.25 bits per heavy atom. The molecular weight excluding hydrogens is 254 g/mol. The van der Waals surface area contributed by atoms with Crippen molar-refractivity contribution in [1.29, 1.82) is 0 Å². The Morgan fingerprint density at radius 3 is 2.90 bits per heavy atom. The maximum atomic E-state index is 12.1. The van der Waals surface area contributed by atoms with Gasteiger partial charge in [-0.3, -0.25) is 9.69 Å². The molecule has 0 N–H and O–H groups in total. The van der Waals surface area contributed by atoms with E-state index >= 15 is 0 Å². The average molecular weight is 277 g/mol. The topological polar surface area (TPSA) is 38.8 Å². The van der Waals surface area contributed by atoms with Gasteiger partial charge in [0.25, 0.3) is 0 Å². The molecule has 1 heterocycles. The van der Waals surface area contributed by atoms with Crippen LogP contribution in [0.1, 0.15) is 39.2 Å². The first-order valence-electron chi connectivity index (χ1n) is 7.35. The van der Waals surface area contributed by atoms with Gasteiger partial charge in [-0.15, -0.1) is 0 Å². The Morgan fingerprint density at radius 1 is 1.45 bits per heavy atom. The highest BCUT2D eigenvalue weighted by molar-refractivity contribution is 5.95. The number of nitrogens with zero attached hydrogens (tertiary/aromatic N) is 1. The summed E-state index contributed by atoms with van der Waals surface area (Å²) in [5.74, 6) is 0.770. The minimum absolute atomic E-state index is 0.00283. The zero-order chi connectivity index (χ0) is 14.5. The number of rotatable bonds is 5. The van der Waals surface area contributed by atoms with Gasteiger partial charge in [-0.25, -0.2) is 0 Å². The molecule has 0 bridgehead atoms. The highest BCUT2D eigenvalue weighted by Crippen LogP contribution is 2.37. The van der Waals surface area contributed by atoms with Gasteiger partial charge in [0.15, 0.2) is 6.23 Å². The SMILES string of the molecule is CCCCOC1COc2cccc(CC)c2N1C(C)=O. The van der Waals surface area contributed by atoms with E-state index in [4.69, 9.17) is 9.47 Å². The van der Waals surface area contributed by atoms with E-state index in [-0.39, 0.29) is 12.1 Å². The molecule has 1 unspecified atom stereocenters. The number of hydrogen-bond acceptors (Lipinski definition) is 3. The molecule has 0 spiro atoms. The number of anilines is 1. The summed E-state index contributed by atoms with van der Waals surface area (Å²) in [7, 11) is 0. The Bertz CT molecular complexity index is 459. The monoisotopic (exact) mass is 277 g/mol. The van der Waals surface area contributed by atoms with Gasteiger partial charge in [-0.1, -0.05) is 32.4 Å². The van der Waals surface area contributed by atoms with E-state index in [0.29, 0.717) is 13.2 Å². The minimum Gasteiger partial charge on any atom is -0.487 e. The van der Waals surface area contributed by atoms with Crippen LogP contribution in [0.2, 0.25) is 0 Å². The second kappa shape index (κ2) is 6.75. The van der Waals surface area contributed by atoms with Crippen LogP contribution in [0.3, 0.4) is 0 Å². The molecule has 1 atom stereocenters. The van der Waals surface area contributed by atoms with Crippen LogP contribution in [0.25, 0.3) is 0 Å². The van der Waals surface area contributed by atoms with Gasteiger partial charge in [0.05, 0.1) is 5.69 Å². The summed E-state index contributed by atoms with van der Waals surface area (Å²) >= 11 is 0. The number of amides is 1. The summed E-state index contributed by atoms with van der Waals surface area (Å²) in [5, 5.41) is 0. The zero-order valence-electron chi connectivity index (χ0n) is 12.5. The van der Waals surface area contributed by atoms with Crippen LogP contribution in [-0.4, -0.2) is 25.3 Å². The van der Waals surface area contributed by atoms with E-state index in [1.807, 2.05) is 18.2 Å². The van der Waals surface area contributed by atoms with Crippen LogP contribution < -0.4 is 9.64 Å². The predicted molar refractivity (Wildman–Crippen MR) is 79.1 cm³/mol. The highest BCUT2D eigenvalue weighted by atomic mass is 16.6. The highest BCUT2D eigenvalue weighted by Gasteiger charge is 2.32. The largest absolute Gasteiger partial charge is 0.487 e. The molecule has 1 aliphatic heterocycles. The average Bonchev–Trinajstić information content (AvgIpc) is 2.46. The van der Waals surface area contributed by atoms with Gasteiger partial charge >= 0.3 is 0 Å². The van der Waals surface area contributed by atoms with Crippen molar-refractivity contribution in [2.75, 3.05) is 18.1 Å². The second-order valence-corrected chi connectivity index (χ2v) is 5.00. The zero-order valence-corrected chi connectivity index (χ0v) is 12.5. The van der Waals surface area contributed by atoms with E-state index in [9.17, 15) is 4.79 Å². The molecule has 0 aromatic heterocycles. The number of fused-ring (bicyclic) bond motifs is 1. The minimum atomic E-state index is -0.320. The molecule has 1 aliphatic rings. The fourth-order valence-electron chi connectivity index (χ4n) is 2.47. The summed E-state index contributed by atoms with van der Waals surface area (Å²) in [6.07, 6.45) is 2.60. The summed E-state index contributed by atoms with van der Waals surface area (Å²) in [6, 6.07) is 5.91. The molecule has 20 heavy (non-hydrogen) atoms. The van der Waals surface area contributed by atoms with Crippen molar-refractivity contribution in [2.24, 2.45) is 0 Å². The molecule has 1 aromatic carbocycles. The fraction of sp³-hybridized carbons (Fsp3) is 0.562. The molecule has 0 radical (unpaired) electrons. The Balaban J connectivity index is 2.29. The van der Waals surface area contributed by atoms with E-state index in [1.165, 1.54) is 0 Å². The predicted octanol–water partition coefficient (Wildman–Crippen LogP) is 3.14. The molecule has 0 aliphatic carbocycles. The molecule has 0 fully saturated rings. The number of para-hydroxylation sites is 1. The molecule has 1 amide bonds. The number of aryl methyl sites for hydroxylation is 1. The third-order valence-electron chi connectivity index (χ3n) is 3.52. The van der Waals surface area contributed by atoms with Crippen molar-refractivity contribution in [1.82, 2.24) is 0 Å². The summed E-state index contributed by atoms with van der Waals surface area (Å²) in [4.78, 5) is 13.8. The Hall–Kier alpha value is -1.55. The van der Waals surface area contributed by atoms with Crippen LogP contribution >= 0.6 is 0 Å². The van der Waals surface area contributed by atoms with Crippen LogP contribution in [0.5, 0.6) is 5.75 Å². The lowest BCUT2D eigenvalue weighted by Gasteiger charge is -2.37. The van der Waals surface area contributed by atoms with E-state index in [1.54, 1.807) is 11.8 Å². The molecule has 0 saturated heterocycles. The molecule has 1 aromatic rings. The van der Waals surface area contributed by atoms with Crippen molar-refractivity contribution < 1.29 is 14.3 Å². The smallest absolute Gasteiger partial charge is 0.226 e. The van der Waals surface area contributed by atoms with Crippen molar-refractivity contribution in [3.05, 3.63) is 23.8 Å². The van der Waals surface area contributed by atoms with Crippen molar-refractivity contribution in [3.63, 3.8) is 0 Å². The third kappa shape index (κ3) is 2.96. The van der Waals surface area contributed by atoms with Crippen molar-refractivity contribution in [2.45, 2.75) is 46.3 Å². The first kappa shape index (κ1) is 14.9. The van der Waals surface area contributed by atoms with E-state index in [2.05, 4.69) is 13.8 Å². The molecule has 0 saturated carbocycles. The fourth-order valence-corrected chi connectivity index (χ4v) is 2.47.